The fourth-order valence-corrected chi connectivity index (χ4v) is 3.63. The summed E-state index contributed by atoms with van der Waals surface area (Å²) in [7, 11) is 0. The van der Waals surface area contributed by atoms with Gasteiger partial charge in [0.1, 0.15) is 5.75 Å². The lowest BCUT2D eigenvalue weighted by Gasteiger charge is -2.25. The minimum Gasteiger partial charge on any atom is -0.494 e. The SMILES string of the molecule is CCOc1ccc(C(=O)NCCCN2c3ccccc3C[C@H]2C)cc1C. The maximum absolute atomic E-state index is 12.4. The monoisotopic (exact) mass is 352 g/mol. The van der Waals surface area contributed by atoms with Gasteiger partial charge in [-0.25, -0.2) is 0 Å². The van der Waals surface area contributed by atoms with E-state index in [4.69, 9.17) is 4.74 Å². The number of rotatable bonds is 7. The minimum absolute atomic E-state index is 0.0222. The highest BCUT2D eigenvalue weighted by molar-refractivity contribution is 5.94. The molecule has 4 nitrogen and oxygen atoms in total. The summed E-state index contributed by atoms with van der Waals surface area (Å²) in [6.07, 6.45) is 2.04. The van der Waals surface area contributed by atoms with Gasteiger partial charge in [0, 0.05) is 30.4 Å². The van der Waals surface area contributed by atoms with Gasteiger partial charge in [0.15, 0.2) is 0 Å². The molecule has 1 aliphatic heterocycles. The van der Waals surface area contributed by atoms with Gasteiger partial charge in [0.25, 0.3) is 5.91 Å². The second-order valence-corrected chi connectivity index (χ2v) is 6.90. The molecule has 2 aromatic rings. The summed E-state index contributed by atoms with van der Waals surface area (Å²) in [6.45, 7) is 8.45. The number of nitrogens with one attached hydrogen (secondary N) is 1. The first kappa shape index (κ1) is 18.3. The molecule has 138 valence electrons. The van der Waals surface area contributed by atoms with Crippen molar-refractivity contribution in [3.8, 4) is 5.75 Å². The normalized spacial score (nSPS) is 15.7. The van der Waals surface area contributed by atoms with Gasteiger partial charge in [-0.15, -0.1) is 0 Å². The van der Waals surface area contributed by atoms with E-state index in [0.29, 0.717) is 24.8 Å². The number of nitrogens with zero attached hydrogens (tertiary/aromatic N) is 1. The lowest BCUT2D eigenvalue weighted by atomic mass is 10.1. The number of carbonyl (C=O) groups is 1. The van der Waals surface area contributed by atoms with Crippen LogP contribution in [-0.2, 0) is 6.42 Å². The summed E-state index contributed by atoms with van der Waals surface area (Å²) in [5.41, 5.74) is 4.44. The van der Waals surface area contributed by atoms with E-state index in [1.807, 2.05) is 32.0 Å². The van der Waals surface area contributed by atoms with Crippen molar-refractivity contribution in [2.45, 2.75) is 39.7 Å². The van der Waals surface area contributed by atoms with E-state index in [0.717, 1.165) is 30.7 Å². The highest BCUT2D eigenvalue weighted by Gasteiger charge is 2.24. The summed E-state index contributed by atoms with van der Waals surface area (Å²) in [4.78, 5) is 14.8. The molecule has 2 aromatic carbocycles. The number of amides is 1. The van der Waals surface area contributed by atoms with Crippen LogP contribution in [0.25, 0.3) is 0 Å². The molecular formula is C22H28N2O2. The smallest absolute Gasteiger partial charge is 0.251 e. The van der Waals surface area contributed by atoms with Crippen LogP contribution in [0, 0.1) is 6.92 Å². The van der Waals surface area contributed by atoms with Gasteiger partial charge in [-0.3, -0.25) is 4.79 Å². The zero-order chi connectivity index (χ0) is 18.5. The number of aryl methyl sites for hydroxylation is 1. The number of carbonyl (C=O) groups excluding carboxylic acids is 1. The molecule has 1 heterocycles. The lowest BCUT2D eigenvalue weighted by Crippen LogP contribution is -2.33. The number of fused-ring (bicyclic) bond motifs is 1. The van der Waals surface area contributed by atoms with Crippen LogP contribution < -0.4 is 15.0 Å². The summed E-state index contributed by atoms with van der Waals surface area (Å²) in [5.74, 6) is 0.816. The third kappa shape index (κ3) is 4.01. The maximum Gasteiger partial charge on any atom is 0.251 e. The van der Waals surface area contributed by atoms with Gasteiger partial charge in [-0.1, -0.05) is 18.2 Å². The zero-order valence-corrected chi connectivity index (χ0v) is 15.9. The first-order valence-corrected chi connectivity index (χ1v) is 9.46. The van der Waals surface area contributed by atoms with Crippen LogP contribution in [0.3, 0.4) is 0 Å². The third-order valence-corrected chi connectivity index (χ3v) is 4.95. The summed E-state index contributed by atoms with van der Waals surface area (Å²) in [6, 6.07) is 14.7. The maximum atomic E-state index is 12.4. The molecule has 26 heavy (non-hydrogen) atoms. The second kappa shape index (κ2) is 8.26. The Balaban J connectivity index is 1.49. The Bertz CT molecular complexity index is 772. The first-order chi connectivity index (χ1) is 12.6. The minimum atomic E-state index is -0.0222. The molecule has 0 radical (unpaired) electrons. The molecule has 1 amide bonds. The molecule has 3 rings (SSSR count). The van der Waals surface area contributed by atoms with Gasteiger partial charge in [-0.05, 0) is 69.0 Å². The molecule has 4 heteroatoms. The third-order valence-electron chi connectivity index (χ3n) is 4.95. The Morgan fingerprint density at radius 3 is 2.85 bits per heavy atom. The Labute approximate surface area is 156 Å². The number of hydrogen-bond acceptors (Lipinski definition) is 3. The number of anilines is 1. The van der Waals surface area contributed by atoms with Gasteiger partial charge in [-0.2, -0.15) is 0 Å². The van der Waals surface area contributed by atoms with Crippen molar-refractivity contribution in [3.05, 3.63) is 59.2 Å². The molecule has 1 N–H and O–H groups in total. The number of ether oxygens (including phenoxy) is 1. The number of hydrogen-bond donors (Lipinski definition) is 1. The second-order valence-electron chi connectivity index (χ2n) is 6.90. The fraction of sp³-hybridized carbons (Fsp3) is 0.409. The van der Waals surface area contributed by atoms with Crippen molar-refractivity contribution >= 4 is 11.6 Å². The van der Waals surface area contributed by atoms with E-state index in [1.54, 1.807) is 0 Å². The van der Waals surface area contributed by atoms with E-state index >= 15 is 0 Å². The molecule has 0 saturated heterocycles. The van der Waals surface area contributed by atoms with Crippen LogP contribution in [0.1, 0.15) is 41.8 Å². The van der Waals surface area contributed by atoms with Crippen LogP contribution in [0.2, 0.25) is 0 Å². The van der Waals surface area contributed by atoms with Crippen LogP contribution in [-0.4, -0.2) is 31.6 Å². The Morgan fingerprint density at radius 1 is 1.27 bits per heavy atom. The molecule has 0 unspecified atom stereocenters. The van der Waals surface area contributed by atoms with Crippen molar-refractivity contribution < 1.29 is 9.53 Å². The highest BCUT2D eigenvalue weighted by atomic mass is 16.5. The van der Waals surface area contributed by atoms with Crippen molar-refractivity contribution in [1.82, 2.24) is 5.32 Å². The Morgan fingerprint density at radius 2 is 2.08 bits per heavy atom. The van der Waals surface area contributed by atoms with Gasteiger partial charge < -0.3 is 15.0 Å². The van der Waals surface area contributed by atoms with E-state index in [9.17, 15) is 4.79 Å². The molecule has 0 spiro atoms. The van der Waals surface area contributed by atoms with E-state index < -0.39 is 0 Å². The lowest BCUT2D eigenvalue weighted by molar-refractivity contribution is 0.0953. The summed E-state index contributed by atoms with van der Waals surface area (Å²) in [5, 5.41) is 3.03. The fourth-order valence-electron chi connectivity index (χ4n) is 3.63. The standard InChI is InChI=1S/C22H28N2O2/c1-4-26-21-11-10-19(14-16(21)2)22(25)23-12-7-13-24-17(3)15-18-8-5-6-9-20(18)24/h5-6,8-11,14,17H,4,7,12-13,15H2,1-3H3,(H,23,25)/t17-/m1/s1. The predicted octanol–water partition coefficient (Wildman–Crippen LogP) is 3.96. The van der Waals surface area contributed by atoms with Gasteiger partial charge in [0.2, 0.25) is 0 Å². The van der Waals surface area contributed by atoms with Crippen LogP contribution >= 0.6 is 0 Å². The predicted molar refractivity (Wildman–Crippen MR) is 106 cm³/mol. The first-order valence-electron chi connectivity index (χ1n) is 9.46. The van der Waals surface area contributed by atoms with Crippen molar-refractivity contribution in [1.29, 1.82) is 0 Å². The average Bonchev–Trinajstić information content (AvgIpc) is 2.95. The highest BCUT2D eigenvalue weighted by Crippen LogP contribution is 2.31. The molecule has 0 fully saturated rings. The van der Waals surface area contributed by atoms with Gasteiger partial charge >= 0.3 is 0 Å². The van der Waals surface area contributed by atoms with E-state index in [-0.39, 0.29) is 5.91 Å². The average molecular weight is 352 g/mol. The largest absolute Gasteiger partial charge is 0.494 e. The molecule has 1 aliphatic rings. The van der Waals surface area contributed by atoms with Crippen molar-refractivity contribution in [3.63, 3.8) is 0 Å². The topological polar surface area (TPSA) is 41.6 Å². The summed E-state index contributed by atoms with van der Waals surface area (Å²) >= 11 is 0. The molecule has 0 bridgehead atoms. The number of para-hydroxylation sites is 1. The molecule has 1 atom stereocenters. The Kier molecular flexibility index (Phi) is 5.82. The molecule has 0 aromatic heterocycles. The summed E-state index contributed by atoms with van der Waals surface area (Å²) < 4.78 is 5.53. The van der Waals surface area contributed by atoms with Crippen molar-refractivity contribution in [2.75, 3.05) is 24.6 Å². The number of benzene rings is 2. The van der Waals surface area contributed by atoms with E-state index in [2.05, 4.69) is 41.4 Å². The van der Waals surface area contributed by atoms with Crippen molar-refractivity contribution in [2.24, 2.45) is 0 Å². The van der Waals surface area contributed by atoms with E-state index in [1.165, 1.54) is 11.3 Å². The van der Waals surface area contributed by atoms with Crippen LogP contribution in [0.4, 0.5) is 5.69 Å². The van der Waals surface area contributed by atoms with Crippen LogP contribution in [0.15, 0.2) is 42.5 Å². The Hall–Kier alpha value is -2.49. The van der Waals surface area contributed by atoms with Gasteiger partial charge in [0.05, 0.1) is 6.61 Å². The van der Waals surface area contributed by atoms with Crippen LogP contribution in [0.5, 0.6) is 5.75 Å². The molecule has 0 aliphatic carbocycles. The molecular weight excluding hydrogens is 324 g/mol. The molecule has 0 saturated carbocycles. The zero-order valence-electron chi connectivity index (χ0n) is 15.9. The quantitative estimate of drug-likeness (QED) is 0.767.